The Morgan fingerprint density at radius 3 is 2.04 bits per heavy atom. The van der Waals surface area contributed by atoms with Crippen LogP contribution in [0, 0.1) is 4.77 Å². The highest BCUT2D eigenvalue weighted by atomic mass is 32.1. The number of aromatic nitrogens is 6. The topological polar surface area (TPSA) is 109 Å². The van der Waals surface area contributed by atoms with Crippen molar-refractivity contribution in [3.8, 4) is 28.5 Å². The molecular formula is C18H12N6O2S. The van der Waals surface area contributed by atoms with E-state index in [9.17, 15) is 9.59 Å². The molecule has 8 nitrogen and oxygen atoms in total. The third-order valence-corrected chi connectivity index (χ3v) is 4.00. The van der Waals surface area contributed by atoms with Crippen LogP contribution in [-0.2, 0) is 0 Å². The van der Waals surface area contributed by atoms with Crippen LogP contribution in [0.3, 0.4) is 0 Å². The van der Waals surface area contributed by atoms with Gasteiger partial charge in [0.05, 0.1) is 0 Å². The second kappa shape index (κ2) is 6.89. The van der Waals surface area contributed by atoms with Crippen molar-refractivity contribution < 1.29 is 0 Å². The Kier molecular flexibility index (Phi) is 4.27. The highest BCUT2D eigenvalue weighted by Crippen LogP contribution is 2.28. The fraction of sp³-hybridized carbons (Fsp3) is 0. The van der Waals surface area contributed by atoms with Gasteiger partial charge in [0.15, 0.2) is 4.77 Å². The van der Waals surface area contributed by atoms with Crippen LogP contribution in [0.2, 0.25) is 0 Å². The summed E-state index contributed by atoms with van der Waals surface area (Å²) in [4.78, 5) is 30.6. The van der Waals surface area contributed by atoms with Gasteiger partial charge in [-0.3, -0.25) is 19.7 Å². The third kappa shape index (κ3) is 3.23. The predicted octanol–water partition coefficient (Wildman–Crippen LogP) is 2.10. The Morgan fingerprint density at radius 2 is 1.41 bits per heavy atom. The number of hydrogen-bond acceptors (Lipinski definition) is 6. The number of aromatic amines is 2. The lowest BCUT2D eigenvalue weighted by Gasteiger charge is -2.10. The van der Waals surface area contributed by atoms with Crippen LogP contribution in [0.4, 0.5) is 0 Å². The highest BCUT2D eigenvalue weighted by molar-refractivity contribution is 7.71. The largest absolute Gasteiger partial charge is 0.338 e. The second-order valence-corrected chi connectivity index (χ2v) is 5.98. The van der Waals surface area contributed by atoms with Gasteiger partial charge in [-0.05, 0) is 12.2 Å². The van der Waals surface area contributed by atoms with Crippen molar-refractivity contribution in [1.82, 2.24) is 29.9 Å². The minimum Gasteiger partial charge on any atom is -0.293 e. The van der Waals surface area contributed by atoms with Gasteiger partial charge in [0, 0.05) is 11.1 Å². The van der Waals surface area contributed by atoms with Gasteiger partial charge in [-0.2, -0.15) is 4.68 Å². The van der Waals surface area contributed by atoms with Gasteiger partial charge < -0.3 is 0 Å². The van der Waals surface area contributed by atoms with Crippen LogP contribution in [0.5, 0.6) is 0 Å². The zero-order valence-corrected chi connectivity index (χ0v) is 14.6. The molecule has 27 heavy (non-hydrogen) atoms. The zero-order valence-electron chi connectivity index (χ0n) is 13.8. The Hall–Kier alpha value is -3.72. The first-order valence-electron chi connectivity index (χ1n) is 7.95. The number of hydrogen-bond donors (Lipinski definition) is 2. The first-order chi connectivity index (χ1) is 13.1. The highest BCUT2D eigenvalue weighted by Gasteiger charge is 2.15. The smallest absolute Gasteiger partial charge is 0.293 e. The quantitative estimate of drug-likeness (QED) is 0.419. The Labute approximate surface area is 157 Å². The minimum atomic E-state index is -0.878. The van der Waals surface area contributed by atoms with Crippen LogP contribution in [0.25, 0.3) is 28.5 Å². The summed E-state index contributed by atoms with van der Waals surface area (Å²) in [5.74, 6) is -0.0734. The molecule has 9 heteroatoms. The summed E-state index contributed by atoms with van der Waals surface area (Å²) in [5, 5.41) is 10.9. The normalized spacial score (nSPS) is 10.7. The van der Waals surface area contributed by atoms with Crippen molar-refractivity contribution in [3.05, 3.63) is 86.1 Å². The molecule has 0 fully saturated rings. The van der Waals surface area contributed by atoms with Gasteiger partial charge in [0.2, 0.25) is 0 Å². The van der Waals surface area contributed by atoms with Gasteiger partial charge >= 0.3 is 11.1 Å². The standard InChI is InChI=1S/C18H12N6O2S/c25-15-16(26)24(23-18(27)20-15)17-19-13(11-7-3-1-4-8-11)14(21-22-17)12-9-5-2-6-10-12/h1-10H,(H2,20,23,25,27). The summed E-state index contributed by atoms with van der Waals surface area (Å²) in [5.41, 5.74) is 0.964. The van der Waals surface area contributed by atoms with E-state index in [1.807, 2.05) is 60.7 Å². The minimum absolute atomic E-state index is 0.0170. The van der Waals surface area contributed by atoms with E-state index < -0.39 is 11.1 Å². The van der Waals surface area contributed by atoms with Crippen LogP contribution >= 0.6 is 12.2 Å². The molecule has 2 heterocycles. The van der Waals surface area contributed by atoms with Crippen molar-refractivity contribution in [1.29, 1.82) is 0 Å². The molecule has 2 N–H and O–H groups in total. The second-order valence-electron chi connectivity index (χ2n) is 5.58. The van der Waals surface area contributed by atoms with E-state index in [2.05, 4.69) is 25.3 Å². The summed E-state index contributed by atoms with van der Waals surface area (Å²) in [6, 6.07) is 18.9. The van der Waals surface area contributed by atoms with Crippen molar-refractivity contribution >= 4 is 12.2 Å². The molecule has 0 amide bonds. The fourth-order valence-corrected chi connectivity index (χ4v) is 2.76. The number of rotatable bonds is 3. The van der Waals surface area contributed by atoms with E-state index in [1.165, 1.54) is 0 Å². The maximum Gasteiger partial charge on any atom is 0.338 e. The monoisotopic (exact) mass is 376 g/mol. The maximum absolute atomic E-state index is 12.2. The maximum atomic E-state index is 12.2. The molecular weight excluding hydrogens is 364 g/mol. The summed E-state index contributed by atoms with van der Waals surface area (Å²) >= 11 is 4.93. The van der Waals surface area contributed by atoms with E-state index in [0.29, 0.717) is 11.4 Å². The number of benzene rings is 2. The Morgan fingerprint density at radius 1 is 0.815 bits per heavy atom. The summed E-state index contributed by atoms with van der Waals surface area (Å²) < 4.78 is 0.867. The summed E-state index contributed by atoms with van der Waals surface area (Å²) in [6.45, 7) is 0. The predicted molar refractivity (Wildman–Crippen MR) is 102 cm³/mol. The van der Waals surface area contributed by atoms with E-state index in [4.69, 9.17) is 12.2 Å². The van der Waals surface area contributed by atoms with E-state index >= 15 is 0 Å². The fourth-order valence-electron chi connectivity index (χ4n) is 2.58. The zero-order chi connectivity index (χ0) is 18.8. The molecule has 4 rings (SSSR count). The van der Waals surface area contributed by atoms with Crippen LogP contribution in [-0.4, -0.2) is 29.9 Å². The van der Waals surface area contributed by atoms with Crippen LogP contribution in [0.1, 0.15) is 0 Å². The molecule has 2 aromatic carbocycles. The molecule has 0 aliphatic rings. The van der Waals surface area contributed by atoms with Crippen molar-refractivity contribution in [2.75, 3.05) is 0 Å². The number of nitrogens with zero attached hydrogens (tertiary/aromatic N) is 4. The Bertz CT molecular complexity index is 1280. The van der Waals surface area contributed by atoms with E-state index in [0.717, 1.165) is 15.8 Å². The lowest BCUT2D eigenvalue weighted by atomic mass is 10.0. The molecule has 0 atom stereocenters. The molecule has 2 aromatic heterocycles. The molecule has 4 aromatic rings. The SMILES string of the molecule is O=c1[nH]c(=S)[nH]n(-c2nnc(-c3ccccc3)c(-c3ccccc3)n2)c1=O. The molecule has 0 aliphatic carbocycles. The Balaban J connectivity index is 2.00. The lowest BCUT2D eigenvalue weighted by Crippen LogP contribution is -2.38. The number of H-pyrrole nitrogens is 2. The van der Waals surface area contributed by atoms with Crippen molar-refractivity contribution in [2.24, 2.45) is 0 Å². The molecule has 0 saturated heterocycles. The molecule has 0 saturated carbocycles. The van der Waals surface area contributed by atoms with Gasteiger partial charge in [0.25, 0.3) is 5.95 Å². The average Bonchev–Trinajstić information content (AvgIpc) is 2.71. The van der Waals surface area contributed by atoms with Gasteiger partial charge in [-0.25, -0.2) is 4.98 Å². The van der Waals surface area contributed by atoms with Gasteiger partial charge in [0.1, 0.15) is 11.4 Å². The third-order valence-electron chi connectivity index (χ3n) is 3.81. The first kappa shape index (κ1) is 16.7. The summed E-state index contributed by atoms with van der Waals surface area (Å²) in [6.07, 6.45) is 0. The first-order valence-corrected chi connectivity index (χ1v) is 8.36. The van der Waals surface area contributed by atoms with E-state index in [-0.39, 0.29) is 10.7 Å². The molecule has 0 unspecified atom stereocenters. The van der Waals surface area contributed by atoms with Crippen molar-refractivity contribution in [3.63, 3.8) is 0 Å². The lowest BCUT2D eigenvalue weighted by molar-refractivity contribution is 0.695. The van der Waals surface area contributed by atoms with Crippen LogP contribution in [0.15, 0.2) is 70.3 Å². The molecule has 0 aliphatic heterocycles. The van der Waals surface area contributed by atoms with Crippen molar-refractivity contribution in [2.45, 2.75) is 0 Å². The molecule has 0 radical (unpaired) electrons. The summed E-state index contributed by atoms with van der Waals surface area (Å²) in [7, 11) is 0. The number of nitrogens with one attached hydrogen (secondary N) is 2. The van der Waals surface area contributed by atoms with Crippen LogP contribution < -0.4 is 11.1 Å². The molecule has 0 bridgehead atoms. The van der Waals surface area contributed by atoms with E-state index in [1.54, 1.807) is 0 Å². The molecule has 0 spiro atoms. The van der Waals surface area contributed by atoms with Gasteiger partial charge in [-0.15, -0.1) is 10.2 Å². The average molecular weight is 376 g/mol. The molecule has 132 valence electrons. The van der Waals surface area contributed by atoms with Gasteiger partial charge in [-0.1, -0.05) is 60.7 Å².